The van der Waals surface area contributed by atoms with Crippen LogP contribution < -0.4 is 0 Å². The minimum atomic E-state index is -2.90. The van der Waals surface area contributed by atoms with Gasteiger partial charge in [0.1, 0.15) is 16.3 Å². The van der Waals surface area contributed by atoms with Gasteiger partial charge in [-0.25, -0.2) is 4.98 Å². The Morgan fingerprint density at radius 3 is 2.62 bits per heavy atom. The fourth-order valence-corrected chi connectivity index (χ4v) is 2.08. The smallest absolute Gasteiger partial charge is 0.287 e. The summed E-state index contributed by atoms with van der Waals surface area (Å²) in [6.07, 6.45) is 1.27. The van der Waals surface area contributed by atoms with Gasteiger partial charge in [-0.2, -0.15) is 8.78 Å². The molecular formula is C8H9F2NOS. The fraction of sp³-hybridized carbons (Fsp3) is 0.625. The van der Waals surface area contributed by atoms with Crippen LogP contribution in [-0.4, -0.2) is 10.1 Å². The molecule has 0 amide bonds. The van der Waals surface area contributed by atoms with E-state index in [4.69, 9.17) is 0 Å². The van der Waals surface area contributed by atoms with Crippen molar-refractivity contribution in [1.82, 2.24) is 4.98 Å². The number of hydrogen-bond acceptors (Lipinski definition) is 3. The van der Waals surface area contributed by atoms with Crippen LogP contribution in [0.3, 0.4) is 0 Å². The summed E-state index contributed by atoms with van der Waals surface area (Å²) in [5.41, 5.74) is -1.14. The molecule has 1 saturated carbocycles. The molecule has 0 aliphatic heterocycles. The van der Waals surface area contributed by atoms with Crippen molar-refractivity contribution in [2.75, 3.05) is 0 Å². The molecule has 72 valence electrons. The molecule has 2 rings (SSSR count). The average Bonchev–Trinajstić information content (AvgIpc) is 2.60. The second kappa shape index (κ2) is 2.48. The van der Waals surface area contributed by atoms with E-state index in [1.807, 2.05) is 0 Å². The van der Waals surface area contributed by atoms with Crippen molar-refractivity contribution in [1.29, 1.82) is 0 Å². The number of rotatable bonds is 2. The van der Waals surface area contributed by atoms with E-state index in [1.165, 1.54) is 5.38 Å². The Morgan fingerprint density at radius 1 is 1.62 bits per heavy atom. The zero-order valence-corrected chi connectivity index (χ0v) is 7.87. The Kier molecular flexibility index (Phi) is 1.72. The second-order valence-electron chi connectivity index (χ2n) is 3.46. The van der Waals surface area contributed by atoms with Crippen molar-refractivity contribution in [2.24, 2.45) is 0 Å². The topological polar surface area (TPSA) is 33.1 Å². The first kappa shape index (κ1) is 9.02. The van der Waals surface area contributed by atoms with Gasteiger partial charge in [0.25, 0.3) is 5.92 Å². The van der Waals surface area contributed by atoms with Crippen LogP contribution in [0, 0.1) is 0 Å². The fourth-order valence-electron chi connectivity index (χ4n) is 1.02. The number of nitrogens with zero attached hydrogens (tertiary/aromatic N) is 1. The van der Waals surface area contributed by atoms with Gasteiger partial charge in [0.15, 0.2) is 0 Å². The van der Waals surface area contributed by atoms with E-state index < -0.39 is 11.5 Å². The second-order valence-corrected chi connectivity index (χ2v) is 4.32. The quantitative estimate of drug-likeness (QED) is 0.803. The van der Waals surface area contributed by atoms with Gasteiger partial charge in [-0.15, -0.1) is 11.3 Å². The highest BCUT2D eigenvalue weighted by atomic mass is 32.1. The molecule has 1 aromatic rings. The average molecular weight is 205 g/mol. The van der Waals surface area contributed by atoms with Crippen molar-refractivity contribution in [3.63, 3.8) is 0 Å². The lowest BCUT2D eigenvalue weighted by Crippen LogP contribution is -2.09. The normalized spacial score (nSPS) is 20.3. The number of halogens is 2. The Balaban J connectivity index is 2.29. The lowest BCUT2D eigenvalue weighted by molar-refractivity contribution is 0.0128. The summed E-state index contributed by atoms with van der Waals surface area (Å²) >= 11 is 1.10. The van der Waals surface area contributed by atoms with E-state index >= 15 is 0 Å². The number of alkyl halides is 2. The standard InChI is InChI=1S/C8H9F2NOS/c1-7(9,10)5-4-13-6(11-5)8(12)2-3-8/h4,12H,2-3H2,1H3. The first-order chi connectivity index (χ1) is 5.92. The molecule has 1 fully saturated rings. The highest BCUT2D eigenvalue weighted by Gasteiger charge is 2.45. The monoisotopic (exact) mass is 205 g/mol. The molecule has 5 heteroatoms. The zero-order valence-electron chi connectivity index (χ0n) is 7.05. The van der Waals surface area contributed by atoms with Crippen LogP contribution in [0.4, 0.5) is 8.78 Å². The summed E-state index contributed by atoms with van der Waals surface area (Å²) in [5, 5.41) is 11.3. The molecule has 1 N–H and O–H groups in total. The van der Waals surface area contributed by atoms with Crippen molar-refractivity contribution in [2.45, 2.75) is 31.3 Å². The maximum Gasteiger partial charge on any atom is 0.287 e. The van der Waals surface area contributed by atoms with Crippen LogP contribution in [0.15, 0.2) is 5.38 Å². The van der Waals surface area contributed by atoms with E-state index in [-0.39, 0.29) is 5.69 Å². The van der Waals surface area contributed by atoms with Gasteiger partial charge < -0.3 is 5.11 Å². The third-order valence-electron chi connectivity index (χ3n) is 2.08. The minimum absolute atomic E-state index is 0.243. The van der Waals surface area contributed by atoms with Gasteiger partial charge in [0.2, 0.25) is 0 Å². The van der Waals surface area contributed by atoms with Crippen LogP contribution in [-0.2, 0) is 11.5 Å². The van der Waals surface area contributed by atoms with E-state index in [9.17, 15) is 13.9 Å². The van der Waals surface area contributed by atoms with Crippen LogP contribution in [0.2, 0.25) is 0 Å². The molecule has 1 aliphatic carbocycles. The van der Waals surface area contributed by atoms with Gasteiger partial charge in [0, 0.05) is 12.3 Å². The predicted octanol–water partition coefficient (Wildman–Crippen LogP) is 2.24. The molecule has 0 bridgehead atoms. The predicted molar refractivity (Wildman–Crippen MR) is 44.8 cm³/mol. The molecule has 0 aromatic carbocycles. The third-order valence-corrected chi connectivity index (χ3v) is 3.11. The van der Waals surface area contributed by atoms with Gasteiger partial charge in [0.05, 0.1) is 0 Å². The van der Waals surface area contributed by atoms with E-state index in [1.54, 1.807) is 0 Å². The number of aromatic nitrogens is 1. The molecule has 0 unspecified atom stereocenters. The van der Waals surface area contributed by atoms with Crippen LogP contribution in [0.25, 0.3) is 0 Å². The van der Waals surface area contributed by atoms with E-state index in [0.29, 0.717) is 17.8 Å². The van der Waals surface area contributed by atoms with Gasteiger partial charge in [-0.05, 0) is 12.8 Å². The Bertz CT molecular complexity index is 307. The number of aliphatic hydroxyl groups is 1. The van der Waals surface area contributed by atoms with Gasteiger partial charge in [-0.3, -0.25) is 0 Å². The molecule has 2 nitrogen and oxygen atoms in total. The van der Waals surface area contributed by atoms with E-state index in [2.05, 4.69) is 4.98 Å². The van der Waals surface area contributed by atoms with Gasteiger partial charge in [-0.1, -0.05) is 0 Å². The lowest BCUT2D eigenvalue weighted by atomic mass is 10.3. The van der Waals surface area contributed by atoms with Crippen LogP contribution in [0.5, 0.6) is 0 Å². The van der Waals surface area contributed by atoms with Crippen molar-refractivity contribution in [3.8, 4) is 0 Å². The molecule has 1 heterocycles. The first-order valence-corrected chi connectivity index (χ1v) is 4.86. The summed E-state index contributed by atoms with van der Waals surface area (Å²) in [4.78, 5) is 3.73. The molecule has 0 atom stereocenters. The molecule has 0 spiro atoms. The summed E-state index contributed by atoms with van der Waals surface area (Å²) < 4.78 is 25.5. The molecular weight excluding hydrogens is 196 g/mol. The first-order valence-electron chi connectivity index (χ1n) is 3.98. The van der Waals surface area contributed by atoms with Crippen molar-refractivity contribution < 1.29 is 13.9 Å². The van der Waals surface area contributed by atoms with E-state index in [0.717, 1.165) is 18.3 Å². The molecule has 0 saturated heterocycles. The summed E-state index contributed by atoms with van der Waals surface area (Å²) in [7, 11) is 0. The maximum atomic E-state index is 12.7. The molecule has 1 aliphatic rings. The third kappa shape index (κ3) is 1.58. The summed E-state index contributed by atoms with van der Waals surface area (Å²) in [5.74, 6) is -2.90. The minimum Gasteiger partial charge on any atom is -0.383 e. The van der Waals surface area contributed by atoms with Crippen molar-refractivity contribution >= 4 is 11.3 Å². The van der Waals surface area contributed by atoms with Crippen molar-refractivity contribution in [3.05, 3.63) is 16.1 Å². The Hall–Kier alpha value is -0.550. The zero-order chi connectivity index (χ0) is 9.69. The molecule has 0 radical (unpaired) electrons. The number of thiazole rings is 1. The summed E-state index contributed by atoms with van der Waals surface area (Å²) in [6, 6.07) is 0. The Morgan fingerprint density at radius 2 is 2.23 bits per heavy atom. The number of hydrogen-bond donors (Lipinski definition) is 1. The lowest BCUT2D eigenvalue weighted by Gasteiger charge is -2.05. The largest absolute Gasteiger partial charge is 0.383 e. The van der Waals surface area contributed by atoms with Crippen LogP contribution >= 0.6 is 11.3 Å². The molecule has 1 aromatic heterocycles. The Labute approximate surface area is 78.2 Å². The highest BCUT2D eigenvalue weighted by Crippen LogP contribution is 2.47. The summed E-state index contributed by atoms with van der Waals surface area (Å²) in [6.45, 7) is 0.808. The van der Waals surface area contributed by atoms with Crippen LogP contribution in [0.1, 0.15) is 30.5 Å². The maximum absolute atomic E-state index is 12.7. The SMILES string of the molecule is CC(F)(F)c1csc(C2(O)CC2)n1. The van der Waals surface area contributed by atoms with Gasteiger partial charge >= 0.3 is 0 Å². The molecule has 13 heavy (non-hydrogen) atoms. The highest BCUT2D eigenvalue weighted by molar-refractivity contribution is 7.09.